The maximum Gasteiger partial charge on any atom is 0.116 e. The molecule has 2 nitrogen and oxygen atoms in total. The fourth-order valence-corrected chi connectivity index (χ4v) is 2.84. The molecule has 2 heterocycles. The molecule has 78 valence electrons. The Morgan fingerprint density at radius 2 is 2.36 bits per heavy atom. The van der Waals surface area contributed by atoms with Gasteiger partial charge < -0.3 is 10.2 Å². The van der Waals surface area contributed by atoms with Gasteiger partial charge in [-0.3, -0.25) is 0 Å². The van der Waals surface area contributed by atoms with Gasteiger partial charge in [-0.15, -0.1) is 11.3 Å². The summed E-state index contributed by atoms with van der Waals surface area (Å²) in [6.07, 6.45) is 0. The Balaban J connectivity index is 2.01. The number of nitrogens with zero attached hydrogens (tertiary/aromatic N) is 1. The SMILES string of the molecule is CC1CN(C)CC1Nc1ccsc1Cl. The molecule has 2 unspecified atom stereocenters. The van der Waals surface area contributed by atoms with E-state index >= 15 is 0 Å². The smallest absolute Gasteiger partial charge is 0.116 e. The molecule has 1 aromatic rings. The van der Waals surface area contributed by atoms with Gasteiger partial charge in [-0.2, -0.15) is 0 Å². The average Bonchev–Trinajstić information content (AvgIpc) is 2.62. The van der Waals surface area contributed by atoms with Crippen LogP contribution in [0.5, 0.6) is 0 Å². The number of thiophene rings is 1. The van der Waals surface area contributed by atoms with Crippen molar-refractivity contribution >= 4 is 28.6 Å². The molecule has 0 aliphatic carbocycles. The summed E-state index contributed by atoms with van der Waals surface area (Å²) in [7, 11) is 2.16. The van der Waals surface area contributed by atoms with E-state index in [2.05, 4.69) is 30.3 Å². The lowest BCUT2D eigenvalue weighted by Crippen LogP contribution is -2.26. The van der Waals surface area contributed by atoms with Crippen molar-refractivity contribution in [3.05, 3.63) is 15.8 Å². The van der Waals surface area contributed by atoms with Crippen LogP contribution < -0.4 is 5.32 Å². The molecule has 0 amide bonds. The Hall–Kier alpha value is -0.250. The van der Waals surface area contributed by atoms with Gasteiger partial charge in [0, 0.05) is 19.1 Å². The normalized spacial score (nSPS) is 28.2. The first-order valence-corrected chi connectivity index (χ1v) is 6.10. The van der Waals surface area contributed by atoms with Gasteiger partial charge in [0.25, 0.3) is 0 Å². The number of likely N-dealkylation sites (N-methyl/N-ethyl adjacent to an activating group) is 1. The third kappa shape index (κ3) is 2.05. The van der Waals surface area contributed by atoms with E-state index in [1.54, 1.807) is 11.3 Å². The van der Waals surface area contributed by atoms with E-state index in [1.165, 1.54) is 6.54 Å². The Kier molecular flexibility index (Phi) is 3.00. The molecule has 0 bridgehead atoms. The number of likely N-dealkylation sites (tertiary alicyclic amines) is 1. The van der Waals surface area contributed by atoms with Crippen LogP contribution in [-0.4, -0.2) is 31.1 Å². The molecule has 0 radical (unpaired) electrons. The summed E-state index contributed by atoms with van der Waals surface area (Å²) in [6, 6.07) is 2.59. The van der Waals surface area contributed by atoms with Crippen LogP contribution in [-0.2, 0) is 0 Å². The predicted molar refractivity (Wildman–Crippen MR) is 63.4 cm³/mol. The van der Waals surface area contributed by atoms with Crippen LogP contribution in [0.2, 0.25) is 4.34 Å². The standard InChI is InChI=1S/C10H15ClN2S/c1-7-5-13(2)6-9(7)12-8-3-4-14-10(8)11/h3-4,7,9,12H,5-6H2,1-2H3. The molecule has 2 rings (SSSR count). The van der Waals surface area contributed by atoms with Crippen LogP contribution in [0, 0.1) is 5.92 Å². The van der Waals surface area contributed by atoms with Gasteiger partial charge in [0.1, 0.15) is 4.34 Å². The van der Waals surface area contributed by atoms with E-state index in [4.69, 9.17) is 11.6 Å². The summed E-state index contributed by atoms with van der Waals surface area (Å²) in [5.41, 5.74) is 1.09. The second kappa shape index (κ2) is 4.09. The topological polar surface area (TPSA) is 15.3 Å². The van der Waals surface area contributed by atoms with Crippen LogP contribution >= 0.6 is 22.9 Å². The molecule has 1 N–H and O–H groups in total. The quantitative estimate of drug-likeness (QED) is 0.841. The number of nitrogens with one attached hydrogen (secondary N) is 1. The van der Waals surface area contributed by atoms with E-state index in [9.17, 15) is 0 Å². The van der Waals surface area contributed by atoms with Crippen LogP contribution in [0.3, 0.4) is 0 Å². The molecular formula is C10H15ClN2S. The van der Waals surface area contributed by atoms with Gasteiger partial charge in [0.05, 0.1) is 5.69 Å². The zero-order valence-corrected chi connectivity index (χ0v) is 10.0. The number of hydrogen-bond donors (Lipinski definition) is 1. The Labute approximate surface area is 93.9 Å². The third-order valence-electron chi connectivity index (χ3n) is 2.75. The lowest BCUT2D eigenvalue weighted by molar-refractivity contribution is 0.401. The van der Waals surface area contributed by atoms with Crippen molar-refractivity contribution in [3.8, 4) is 0 Å². The molecular weight excluding hydrogens is 216 g/mol. The molecule has 1 aromatic heterocycles. The van der Waals surface area contributed by atoms with E-state index in [-0.39, 0.29) is 0 Å². The molecule has 14 heavy (non-hydrogen) atoms. The number of hydrogen-bond acceptors (Lipinski definition) is 3. The van der Waals surface area contributed by atoms with Crippen molar-refractivity contribution < 1.29 is 0 Å². The Bertz CT molecular complexity index is 313. The Morgan fingerprint density at radius 1 is 1.57 bits per heavy atom. The van der Waals surface area contributed by atoms with Crippen LogP contribution in [0.4, 0.5) is 5.69 Å². The van der Waals surface area contributed by atoms with E-state index in [0.717, 1.165) is 16.6 Å². The average molecular weight is 231 g/mol. The zero-order valence-electron chi connectivity index (χ0n) is 8.46. The minimum Gasteiger partial charge on any atom is -0.379 e. The highest BCUT2D eigenvalue weighted by atomic mass is 35.5. The van der Waals surface area contributed by atoms with Crippen molar-refractivity contribution in [1.82, 2.24) is 4.90 Å². The van der Waals surface area contributed by atoms with Crippen LogP contribution in [0.25, 0.3) is 0 Å². The molecule has 1 fully saturated rings. The summed E-state index contributed by atoms with van der Waals surface area (Å²) in [5, 5.41) is 5.53. The summed E-state index contributed by atoms with van der Waals surface area (Å²) >= 11 is 7.62. The first-order chi connectivity index (χ1) is 6.66. The summed E-state index contributed by atoms with van der Waals surface area (Å²) in [5.74, 6) is 0.691. The van der Waals surface area contributed by atoms with Crippen LogP contribution in [0.1, 0.15) is 6.92 Å². The first-order valence-electron chi connectivity index (χ1n) is 4.85. The summed E-state index contributed by atoms with van der Waals surface area (Å²) < 4.78 is 0.867. The van der Waals surface area contributed by atoms with E-state index < -0.39 is 0 Å². The highest BCUT2D eigenvalue weighted by Gasteiger charge is 2.27. The second-order valence-corrected chi connectivity index (χ2v) is 5.58. The van der Waals surface area contributed by atoms with Gasteiger partial charge >= 0.3 is 0 Å². The van der Waals surface area contributed by atoms with E-state index in [1.807, 2.05) is 5.38 Å². The minimum absolute atomic E-state index is 0.534. The lowest BCUT2D eigenvalue weighted by Gasteiger charge is -2.16. The van der Waals surface area contributed by atoms with Gasteiger partial charge in [-0.05, 0) is 24.4 Å². The molecule has 4 heteroatoms. The van der Waals surface area contributed by atoms with Crippen molar-refractivity contribution in [2.45, 2.75) is 13.0 Å². The maximum absolute atomic E-state index is 6.04. The monoisotopic (exact) mass is 230 g/mol. The molecule has 0 spiro atoms. The zero-order chi connectivity index (χ0) is 10.1. The molecule has 1 aliphatic heterocycles. The maximum atomic E-state index is 6.04. The van der Waals surface area contributed by atoms with Crippen LogP contribution in [0.15, 0.2) is 11.4 Å². The molecule has 0 saturated carbocycles. The first kappa shape index (κ1) is 10.3. The molecule has 2 atom stereocenters. The fourth-order valence-electron chi connectivity index (χ4n) is 1.99. The third-order valence-corrected chi connectivity index (χ3v) is 3.92. The fraction of sp³-hybridized carbons (Fsp3) is 0.600. The number of anilines is 1. The molecule has 1 saturated heterocycles. The predicted octanol–water partition coefficient (Wildman–Crippen LogP) is 2.76. The van der Waals surface area contributed by atoms with E-state index in [0.29, 0.717) is 12.0 Å². The van der Waals surface area contributed by atoms with Crippen molar-refractivity contribution in [2.24, 2.45) is 5.92 Å². The van der Waals surface area contributed by atoms with Crippen molar-refractivity contribution in [3.63, 3.8) is 0 Å². The van der Waals surface area contributed by atoms with Crippen molar-refractivity contribution in [2.75, 3.05) is 25.5 Å². The summed E-state index contributed by atoms with van der Waals surface area (Å²) in [6.45, 7) is 4.55. The Morgan fingerprint density at radius 3 is 2.86 bits per heavy atom. The second-order valence-electron chi connectivity index (χ2n) is 4.06. The van der Waals surface area contributed by atoms with Crippen molar-refractivity contribution in [1.29, 1.82) is 0 Å². The number of halogens is 1. The molecule has 0 aromatic carbocycles. The highest BCUT2D eigenvalue weighted by molar-refractivity contribution is 7.15. The minimum atomic E-state index is 0.534. The van der Waals surface area contributed by atoms with Gasteiger partial charge in [-0.1, -0.05) is 18.5 Å². The summed E-state index contributed by atoms with van der Waals surface area (Å²) in [4.78, 5) is 2.35. The van der Waals surface area contributed by atoms with Gasteiger partial charge in [0.2, 0.25) is 0 Å². The van der Waals surface area contributed by atoms with Gasteiger partial charge in [-0.25, -0.2) is 0 Å². The largest absolute Gasteiger partial charge is 0.379 e. The lowest BCUT2D eigenvalue weighted by atomic mass is 10.1. The van der Waals surface area contributed by atoms with Gasteiger partial charge in [0.15, 0.2) is 0 Å². The number of rotatable bonds is 2. The highest BCUT2D eigenvalue weighted by Crippen LogP contribution is 2.30. The molecule has 1 aliphatic rings.